The van der Waals surface area contributed by atoms with Gasteiger partial charge in [0.1, 0.15) is 0 Å². The molecular weight excluding hydrogens is 286 g/mol. The standard InChI is InChI=1S/C15H21N3O2S/c1-13-12-15(6-5-14(13)4-3-7-16)21(19,20)18-10-8-17(2)9-11-18/h5-6,12H,7-11,16H2,1-2H3. The van der Waals surface area contributed by atoms with Crippen LogP contribution in [-0.4, -0.2) is 57.4 Å². The summed E-state index contributed by atoms with van der Waals surface area (Å²) >= 11 is 0. The number of hydrogen-bond donors (Lipinski definition) is 1. The number of sulfonamides is 1. The van der Waals surface area contributed by atoms with Crippen molar-refractivity contribution in [3.05, 3.63) is 29.3 Å². The second-order valence-electron chi connectivity index (χ2n) is 5.19. The zero-order valence-electron chi connectivity index (χ0n) is 12.5. The van der Waals surface area contributed by atoms with Crippen LogP contribution < -0.4 is 5.73 Å². The largest absolute Gasteiger partial charge is 0.320 e. The second-order valence-corrected chi connectivity index (χ2v) is 7.13. The van der Waals surface area contributed by atoms with Gasteiger partial charge in [-0.1, -0.05) is 11.8 Å². The topological polar surface area (TPSA) is 66.6 Å². The Bertz CT molecular complexity index is 666. The first kappa shape index (κ1) is 16.0. The molecule has 0 atom stereocenters. The molecule has 0 amide bonds. The van der Waals surface area contributed by atoms with Gasteiger partial charge >= 0.3 is 0 Å². The van der Waals surface area contributed by atoms with Gasteiger partial charge in [0.2, 0.25) is 10.0 Å². The Morgan fingerprint density at radius 2 is 1.90 bits per heavy atom. The molecule has 1 aliphatic rings. The van der Waals surface area contributed by atoms with Crippen LogP contribution in [0, 0.1) is 18.8 Å². The van der Waals surface area contributed by atoms with E-state index in [0.717, 1.165) is 24.2 Å². The average molecular weight is 307 g/mol. The van der Waals surface area contributed by atoms with E-state index < -0.39 is 10.0 Å². The number of nitrogens with two attached hydrogens (primary N) is 1. The van der Waals surface area contributed by atoms with Crippen LogP contribution >= 0.6 is 0 Å². The third-order valence-corrected chi connectivity index (χ3v) is 5.52. The summed E-state index contributed by atoms with van der Waals surface area (Å²) in [6.07, 6.45) is 0. The number of aryl methyl sites for hydroxylation is 1. The Hall–Kier alpha value is -1.39. The predicted octanol–water partition coefficient (Wildman–Crippen LogP) is 0.241. The van der Waals surface area contributed by atoms with E-state index in [0.29, 0.717) is 24.5 Å². The van der Waals surface area contributed by atoms with Crippen LogP contribution in [0.5, 0.6) is 0 Å². The molecule has 5 nitrogen and oxygen atoms in total. The summed E-state index contributed by atoms with van der Waals surface area (Å²) in [6, 6.07) is 5.07. The van der Waals surface area contributed by atoms with Crippen LogP contribution in [0.3, 0.4) is 0 Å². The van der Waals surface area contributed by atoms with Gasteiger partial charge in [0, 0.05) is 31.7 Å². The van der Waals surface area contributed by atoms with E-state index in [1.54, 1.807) is 22.5 Å². The maximum atomic E-state index is 12.6. The predicted molar refractivity (Wildman–Crippen MR) is 83.4 cm³/mol. The van der Waals surface area contributed by atoms with E-state index in [-0.39, 0.29) is 0 Å². The zero-order chi connectivity index (χ0) is 15.5. The van der Waals surface area contributed by atoms with Crippen molar-refractivity contribution >= 4 is 10.0 Å². The van der Waals surface area contributed by atoms with Crippen molar-refractivity contribution in [2.24, 2.45) is 5.73 Å². The van der Waals surface area contributed by atoms with Crippen LogP contribution in [0.25, 0.3) is 0 Å². The van der Waals surface area contributed by atoms with Gasteiger partial charge in [0.25, 0.3) is 0 Å². The molecule has 0 bridgehead atoms. The minimum atomic E-state index is -3.41. The highest BCUT2D eigenvalue weighted by atomic mass is 32.2. The second kappa shape index (κ2) is 6.58. The number of likely N-dealkylation sites (N-methyl/N-ethyl adjacent to an activating group) is 1. The number of nitrogens with zero attached hydrogens (tertiary/aromatic N) is 2. The van der Waals surface area contributed by atoms with Crippen LogP contribution in [-0.2, 0) is 10.0 Å². The summed E-state index contributed by atoms with van der Waals surface area (Å²) in [6.45, 7) is 4.75. The Balaban J connectivity index is 2.26. The Morgan fingerprint density at radius 1 is 1.24 bits per heavy atom. The summed E-state index contributed by atoms with van der Waals surface area (Å²) < 4.78 is 26.8. The molecule has 0 aliphatic carbocycles. The van der Waals surface area contributed by atoms with Crippen LogP contribution in [0.2, 0.25) is 0 Å². The molecule has 1 aromatic carbocycles. The highest BCUT2D eigenvalue weighted by Gasteiger charge is 2.27. The van der Waals surface area contributed by atoms with Crippen molar-refractivity contribution in [1.29, 1.82) is 0 Å². The Labute approximate surface area is 126 Å². The average Bonchev–Trinajstić information content (AvgIpc) is 2.46. The van der Waals surface area contributed by atoms with Gasteiger partial charge in [0.15, 0.2) is 0 Å². The van der Waals surface area contributed by atoms with Crippen molar-refractivity contribution < 1.29 is 8.42 Å². The lowest BCUT2D eigenvalue weighted by Gasteiger charge is -2.31. The quantitative estimate of drug-likeness (QED) is 0.795. The highest BCUT2D eigenvalue weighted by Crippen LogP contribution is 2.20. The van der Waals surface area contributed by atoms with Gasteiger partial charge in [-0.05, 0) is 37.7 Å². The van der Waals surface area contributed by atoms with Crippen molar-refractivity contribution in [3.63, 3.8) is 0 Å². The molecule has 6 heteroatoms. The van der Waals surface area contributed by atoms with E-state index in [9.17, 15) is 8.42 Å². The number of piperazine rings is 1. The fourth-order valence-electron chi connectivity index (χ4n) is 2.26. The lowest BCUT2D eigenvalue weighted by molar-refractivity contribution is 0.222. The first-order chi connectivity index (χ1) is 9.95. The van der Waals surface area contributed by atoms with Gasteiger partial charge in [-0.2, -0.15) is 4.31 Å². The van der Waals surface area contributed by atoms with Crippen LogP contribution in [0.15, 0.2) is 23.1 Å². The van der Waals surface area contributed by atoms with Crippen molar-refractivity contribution in [2.45, 2.75) is 11.8 Å². The normalized spacial score (nSPS) is 17.3. The molecule has 1 aliphatic heterocycles. The van der Waals surface area contributed by atoms with Gasteiger partial charge in [-0.25, -0.2) is 8.42 Å². The first-order valence-corrected chi connectivity index (χ1v) is 8.37. The van der Waals surface area contributed by atoms with E-state index in [4.69, 9.17) is 5.73 Å². The SMILES string of the molecule is Cc1cc(S(=O)(=O)N2CCN(C)CC2)ccc1C#CCN. The highest BCUT2D eigenvalue weighted by molar-refractivity contribution is 7.89. The van der Waals surface area contributed by atoms with Crippen LogP contribution in [0.1, 0.15) is 11.1 Å². The fraction of sp³-hybridized carbons (Fsp3) is 0.467. The lowest BCUT2D eigenvalue weighted by Crippen LogP contribution is -2.47. The van der Waals surface area contributed by atoms with E-state index in [1.165, 1.54) is 0 Å². The molecule has 0 spiro atoms. The minimum absolute atomic E-state index is 0.292. The third-order valence-electron chi connectivity index (χ3n) is 3.62. The van der Waals surface area contributed by atoms with Gasteiger partial charge in [-0.15, -0.1) is 0 Å². The summed E-state index contributed by atoms with van der Waals surface area (Å²) in [7, 11) is -1.41. The van der Waals surface area contributed by atoms with Gasteiger partial charge in [0.05, 0.1) is 11.4 Å². The zero-order valence-corrected chi connectivity index (χ0v) is 13.3. The van der Waals surface area contributed by atoms with E-state index >= 15 is 0 Å². The smallest absolute Gasteiger partial charge is 0.243 e. The molecule has 21 heavy (non-hydrogen) atoms. The fourth-order valence-corrected chi connectivity index (χ4v) is 3.77. The van der Waals surface area contributed by atoms with Gasteiger partial charge in [-0.3, -0.25) is 0 Å². The molecule has 2 rings (SSSR count). The molecule has 2 N–H and O–H groups in total. The molecular formula is C15H21N3O2S. The number of benzene rings is 1. The van der Waals surface area contributed by atoms with E-state index in [2.05, 4.69) is 16.7 Å². The molecule has 1 heterocycles. The van der Waals surface area contributed by atoms with Crippen molar-refractivity contribution in [1.82, 2.24) is 9.21 Å². The van der Waals surface area contributed by atoms with Crippen molar-refractivity contribution in [2.75, 3.05) is 39.8 Å². The van der Waals surface area contributed by atoms with Crippen LogP contribution in [0.4, 0.5) is 0 Å². The molecule has 0 unspecified atom stereocenters. The number of hydrogen-bond acceptors (Lipinski definition) is 4. The number of rotatable bonds is 2. The Morgan fingerprint density at radius 3 is 2.48 bits per heavy atom. The third kappa shape index (κ3) is 3.63. The minimum Gasteiger partial charge on any atom is -0.320 e. The van der Waals surface area contributed by atoms with E-state index in [1.807, 2.05) is 14.0 Å². The summed E-state index contributed by atoms with van der Waals surface area (Å²) in [4.78, 5) is 2.46. The lowest BCUT2D eigenvalue weighted by atomic mass is 10.1. The summed E-state index contributed by atoms with van der Waals surface area (Å²) in [5.74, 6) is 5.73. The monoisotopic (exact) mass is 307 g/mol. The molecule has 0 aromatic heterocycles. The summed E-state index contributed by atoms with van der Waals surface area (Å²) in [5.41, 5.74) is 7.02. The molecule has 0 radical (unpaired) electrons. The maximum Gasteiger partial charge on any atom is 0.243 e. The van der Waals surface area contributed by atoms with Crippen molar-refractivity contribution in [3.8, 4) is 11.8 Å². The Kier molecular flexibility index (Phi) is 5.01. The molecule has 114 valence electrons. The molecule has 1 fully saturated rings. The van der Waals surface area contributed by atoms with Gasteiger partial charge < -0.3 is 10.6 Å². The molecule has 1 saturated heterocycles. The first-order valence-electron chi connectivity index (χ1n) is 6.93. The molecule has 1 aromatic rings. The summed E-state index contributed by atoms with van der Waals surface area (Å²) in [5, 5.41) is 0. The maximum absolute atomic E-state index is 12.6. The molecule has 0 saturated carbocycles.